The average Bonchev–Trinajstić information content (AvgIpc) is 3.24. The Kier molecular flexibility index (Phi) is 3.64. The van der Waals surface area contributed by atoms with Gasteiger partial charge in [-0.2, -0.15) is 0 Å². The minimum atomic E-state index is 0.213. The number of hydrogen-bond donors (Lipinski definition) is 1. The molecule has 0 bridgehead atoms. The number of hydrogen-bond acceptors (Lipinski definition) is 3. The molecule has 1 aromatic rings. The Hall–Kier alpha value is -0.900. The van der Waals surface area contributed by atoms with Gasteiger partial charge in [0.15, 0.2) is 0 Å². The van der Waals surface area contributed by atoms with Crippen LogP contribution in [0.1, 0.15) is 29.9 Å². The van der Waals surface area contributed by atoms with Crippen LogP contribution in [0.2, 0.25) is 0 Å². The number of morpholine rings is 1. The summed E-state index contributed by atoms with van der Waals surface area (Å²) in [6.07, 6.45) is 2.96. The first-order valence-corrected chi connectivity index (χ1v) is 6.98. The summed E-state index contributed by atoms with van der Waals surface area (Å²) in [5, 5.41) is 0. The SMILES string of the molecule is NCC1CN(Cc2cccc(C3CC3)c2)CCO1. The molecular formula is C15H22N2O. The minimum absolute atomic E-state index is 0.213. The fraction of sp³-hybridized carbons (Fsp3) is 0.600. The van der Waals surface area contributed by atoms with E-state index in [0.717, 1.165) is 32.2 Å². The van der Waals surface area contributed by atoms with Gasteiger partial charge in [-0.25, -0.2) is 0 Å². The molecule has 1 aliphatic carbocycles. The summed E-state index contributed by atoms with van der Waals surface area (Å²) in [7, 11) is 0. The monoisotopic (exact) mass is 246 g/mol. The summed E-state index contributed by atoms with van der Waals surface area (Å²) < 4.78 is 5.60. The molecule has 2 fully saturated rings. The smallest absolute Gasteiger partial charge is 0.0824 e. The Morgan fingerprint density at radius 1 is 1.33 bits per heavy atom. The van der Waals surface area contributed by atoms with Crippen LogP contribution < -0.4 is 5.73 Å². The third kappa shape index (κ3) is 2.91. The standard InChI is InChI=1S/C15H22N2O/c16-9-15-11-17(6-7-18-15)10-12-2-1-3-14(8-12)13-4-5-13/h1-3,8,13,15H,4-7,9-11,16H2. The number of rotatable bonds is 4. The number of nitrogens with zero attached hydrogens (tertiary/aromatic N) is 1. The molecule has 2 N–H and O–H groups in total. The molecule has 1 heterocycles. The first kappa shape index (κ1) is 12.2. The summed E-state index contributed by atoms with van der Waals surface area (Å²) in [6.45, 7) is 4.44. The van der Waals surface area contributed by atoms with Crippen molar-refractivity contribution >= 4 is 0 Å². The average molecular weight is 246 g/mol. The van der Waals surface area contributed by atoms with Gasteiger partial charge in [0.05, 0.1) is 12.7 Å². The van der Waals surface area contributed by atoms with Gasteiger partial charge in [-0.05, 0) is 29.9 Å². The van der Waals surface area contributed by atoms with E-state index in [0.29, 0.717) is 6.54 Å². The lowest BCUT2D eigenvalue weighted by atomic mass is 10.1. The number of nitrogens with two attached hydrogens (primary N) is 1. The van der Waals surface area contributed by atoms with Crippen molar-refractivity contribution < 1.29 is 4.74 Å². The van der Waals surface area contributed by atoms with Crippen LogP contribution in [-0.2, 0) is 11.3 Å². The molecule has 1 aliphatic heterocycles. The molecule has 1 saturated heterocycles. The van der Waals surface area contributed by atoms with Crippen LogP contribution in [0.15, 0.2) is 24.3 Å². The number of benzene rings is 1. The van der Waals surface area contributed by atoms with Crippen LogP contribution in [0.4, 0.5) is 0 Å². The predicted octanol–water partition coefficient (Wildman–Crippen LogP) is 1.72. The summed E-state index contributed by atoms with van der Waals surface area (Å²) in [5.74, 6) is 0.839. The van der Waals surface area contributed by atoms with E-state index in [2.05, 4.69) is 29.2 Å². The van der Waals surface area contributed by atoms with Crippen LogP contribution in [0.5, 0.6) is 0 Å². The topological polar surface area (TPSA) is 38.5 Å². The predicted molar refractivity (Wildman–Crippen MR) is 72.5 cm³/mol. The molecule has 3 nitrogen and oxygen atoms in total. The largest absolute Gasteiger partial charge is 0.374 e. The van der Waals surface area contributed by atoms with E-state index in [9.17, 15) is 0 Å². The summed E-state index contributed by atoms with van der Waals surface area (Å²) in [5.41, 5.74) is 8.63. The van der Waals surface area contributed by atoms with Gasteiger partial charge in [0.2, 0.25) is 0 Å². The zero-order valence-electron chi connectivity index (χ0n) is 10.8. The van der Waals surface area contributed by atoms with Gasteiger partial charge in [-0.3, -0.25) is 4.90 Å². The van der Waals surface area contributed by atoms with E-state index >= 15 is 0 Å². The molecule has 1 unspecified atom stereocenters. The van der Waals surface area contributed by atoms with Crippen LogP contribution in [0, 0.1) is 0 Å². The van der Waals surface area contributed by atoms with Crippen molar-refractivity contribution in [2.24, 2.45) is 5.73 Å². The molecule has 1 aromatic carbocycles. The molecule has 3 rings (SSSR count). The van der Waals surface area contributed by atoms with E-state index in [4.69, 9.17) is 10.5 Å². The van der Waals surface area contributed by atoms with E-state index in [1.165, 1.54) is 24.0 Å². The highest BCUT2D eigenvalue weighted by Gasteiger charge is 2.24. The van der Waals surface area contributed by atoms with Crippen molar-refractivity contribution in [1.29, 1.82) is 0 Å². The Morgan fingerprint density at radius 2 is 2.22 bits per heavy atom. The van der Waals surface area contributed by atoms with E-state index in [1.54, 1.807) is 0 Å². The lowest BCUT2D eigenvalue weighted by Gasteiger charge is -2.32. The Labute approximate surface area is 109 Å². The highest BCUT2D eigenvalue weighted by Crippen LogP contribution is 2.40. The van der Waals surface area contributed by atoms with Gasteiger partial charge < -0.3 is 10.5 Å². The normalized spacial score (nSPS) is 25.3. The van der Waals surface area contributed by atoms with Crippen molar-refractivity contribution in [3.05, 3.63) is 35.4 Å². The maximum atomic E-state index is 5.68. The maximum absolute atomic E-state index is 5.68. The highest BCUT2D eigenvalue weighted by molar-refractivity contribution is 5.29. The molecule has 1 atom stereocenters. The zero-order chi connectivity index (χ0) is 12.4. The van der Waals surface area contributed by atoms with Crippen molar-refractivity contribution in [3.63, 3.8) is 0 Å². The summed E-state index contributed by atoms with van der Waals surface area (Å²) >= 11 is 0. The maximum Gasteiger partial charge on any atom is 0.0824 e. The third-order valence-corrected chi connectivity index (χ3v) is 3.89. The van der Waals surface area contributed by atoms with Gasteiger partial charge in [-0.15, -0.1) is 0 Å². The minimum Gasteiger partial charge on any atom is -0.374 e. The zero-order valence-corrected chi connectivity index (χ0v) is 10.8. The molecule has 98 valence electrons. The second kappa shape index (κ2) is 5.39. The molecule has 1 saturated carbocycles. The summed E-state index contributed by atoms with van der Waals surface area (Å²) in [6, 6.07) is 9.08. The van der Waals surface area contributed by atoms with Gasteiger partial charge in [0.1, 0.15) is 0 Å². The molecule has 0 amide bonds. The number of ether oxygens (including phenoxy) is 1. The first-order chi connectivity index (χ1) is 8.85. The lowest BCUT2D eigenvalue weighted by molar-refractivity contribution is -0.0260. The van der Waals surface area contributed by atoms with Crippen molar-refractivity contribution in [2.45, 2.75) is 31.4 Å². The van der Waals surface area contributed by atoms with Gasteiger partial charge in [0.25, 0.3) is 0 Å². The lowest BCUT2D eigenvalue weighted by Crippen LogP contribution is -2.45. The van der Waals surface area contributed by atoms with Crippen molar-refractivity contribution in [3.8, 4) is 0 Å². The Balaban J connectivity index is 1.62. The first-order valence-electron chi connectivity index (χ1n) is 6.98. The van der Waals surface area contributed by atoms with Crippen LogP contribution >= 0.6 is 0 Å². The fourth-order valence-electron chi connectivity index (χ4n) is 2.69. The molecule has 0 spiro atoms. The third-order valence-electron chi connectivity index (χ3n) is 3.89. The van der Waals surface area contributed by atoms with Crippen LogP contribution in [-0.4, -0.2) is 37.2 Å². The van der Waals surface area contributed by atoms with Crippen molar-refractivity contribution in [1.82, 2.24) is 4.90 Å². The quantitative estimate of drug-likeness (QED) is 0.879. The molecule has 0 radical (unpaired) electrons. The summed E-state index contributed by atoms with van der Waals surface area (Å²) in [4.78, 5) is 2.45. The van der Waals surface area contributed by atoms with Crippen molar-refractivity contribution in [2.75, 3.05) is 26.2 Å². The van der Waals surface area contributed by atoms with E-state index in [-0.39, 0.29) is 6.10 Å². The second-order valence-electron chi connectivity index (χ2n) is 5.48. The molecule has 18 heavy (non-hydrogen) atoms. The van der Waals surface area contributed by atoms with E-state index < -0.39 is 0 Å². The molecular weight excluding hydrogens is 224 g/mol. The Bertz CT molecular complexity index is 403. The molecule has 3 heteroatoms. The molecule has 0 aromatic heterocycles. The highest BCUT2D eigenvalue weighted by atomic mass is 16.5. The van der Waals surface area contributed by atoms with E-state index in [1.807, 2.05) is 0 Å². The Morgan fingerprint density at radius 3 is 3.00 bits per heavy atom. The fourth-order valence-corrected chi connectivity index (χ4v) is 2.69. The second-order valence-corrected chi connectivity index (χ2v) is 5.48. The van der Waals surface area contributed by atoms with Gasteiger partial charge >= 0.3 is 0 Å². The van der Waals surface area contributed by atoms with Gasteiger partial charge in [-0.1, -0.05) is 24.3 Å². The van der Waals surface area contributed by atoms with Crippen LogP contribution in [0.3, 0.4) is 0 Å². The van der Waals surface area contributed by atoms with Gasteiger partial charge in [0, 0.05) is 26.2 Å². The van der Waals surface area contributed by atoms with Crippen LogP contribution in [0.25, 0.3) is 0 Å². The molecule has 2 aliphatic rings.